The molecule has 0 radical (unpaired) electrons. The number of esters is 2. The highest BCUT2D eigenvalue weighted by molar-refractivity contribution is 5.91. The van der Waals surface area contributed by atoms with Crippen LogP contribution in [0.2, 0.25) is 0 Å². The second kappa shape index (κ2) is 9.08. The predicted molar refractivity (Wildman–Crippen MR) is 97.3 cm³/mol. The first-order valence-electron chi connectivity index (χ1n) is 9.01. The van der Waals surface area contributed by atoms with Gasteiger partial charge in [-0.2, -0.15) is 30.7 Å². The average Bonchev–Trinajstić information content (AvgIpc) is 3.04. The largest absolute Gasteiger partial charge is 0.478 e. The van der Waals surface area contributed by atoms with Crippen molar-refractivity contribution in [3.8, 4) is 11.7 Å². The summed E-state index contributed by atoms with van der Waals surface area (Å²) in [5, 5.41) is 9.41. The summed E-state index contributed by atoms with van der Waals surface area (Å²) in [6.07, 6.45) is -9.29. The summed E-state index contributed by atoms with van der Waals surface area (Å²) in [7, 11) is 0. The van der Waals surface area contributed by atoms with Gasteiger partial charge in [0.25, 0.3) is 0 Å². The normalized spacial score (nSPS) is 11.9. The Balaban J connectivity index is 1.72. The molecule has 13 heteroatoms. The lowest BCUT2D eigenvalue weighted by Crippen LogP contribution is -2.12. The third-order valence-corrected chi connectivity index (χ3v) is 4.29. The first kappa shape index (κ1) is 24.6. The van der Waals surface area contributed by atoms with Gasteiger partial charge in [-0.15, -0.1) is 0 Å². The summed E-state index contributed by atoms with van der Waals surface area (Å²) < 4.78 is 104. The molecule has 1 aromatic heterocycles. The van der Waals surface area contributed by atoms with Gasteiger partial charge in [0.1, 0.15) is 0 Å². The molecule has 0 spiro atoms. The SMILES string of the molecule is O=C(OCc1oc(O)c(F)c1OC(=O)c1ccc(C(F)(F)F)cc1)c1ccc(C(F)(F)F)cc1. The predicted octanol–water partition coefficient (Wildman–Crippen LogP) is 5.74. The zero-order chi connectivity index (χ0) is 25.3. The molecular weight excluding hydrogens is 481 g/mol. The lowest BCUT2D eigenvalue weighted by Gasteiger charge is -2.09. The van der Waals surface area contributed by atoms with E-state index >= 15 is 0 Å². The summed E-state index contributed by atoms with van der Waals surface area (Å²) in [6, 6.07) is 5.64. The van der Waals surface area contributed by atoms with E-state index in [1.54, 1.807) is 0 Å². The minimum atomic E-state index is -4.66. The van der Waals surface area contributed by atoms with Crippen molar-refractivity contribution in [1.29, 1.82) is 0 Å². The molecule has 3 aromatic rings. The van der Waals surface area contributed by atoms with Gasteiger partial charge in [0.15, 0.2) is 12.4 Å². The molecule has 0 saturated heterocycles. The molecule has 3 rings (SSSR count). The average molecular weight is 492 g/mol. The molecule has 0 unspecified atom stereocenters. The molecule has 0 aliphatic rings. The summed E-state index contributed by atoms with van der Waals surface area (Å²) >= 11 is 0. The van der Waals surface area contributed by atoms with Crippen molar-refractivity contribution in [2.24, 2.45) is 0 Å². The fraction of sp³-hybridized carbons (Fsp3) is 0.143. The van der Waals surface area contributed by atoms with Crippen molar-refractivity contribution in [1.82, 2.24) is 0 Å². The Bertz CT molecular complexity index is 1190. The molecular formula is C21H11F7O6. The summed E-state index contributed by atoms with van der Waals surface area (Å²) in [5.41, 5.74) is -2.76. The van der Waals surface area contributed by atoms with Crippen LogP contribution in [0, 0.1) is 5.82 Å². The van der Waals surface area contributed by atoms with Crippen LogP contribution in [0.15, 0.2) is 52.9 Å². The summed E-state index contributed by atoms with van der Waals surface area (Å²) in [4.78, 5) is 24.2. The van der Waals surface area contributed by atoms with E-state index in [0.29, 0.717) is 24.3 Å². The van der Waals surface area contributed by atoms with Crippen LogP contribution in [-0.2, 0) is 23.7 Å². The van der Waals surface area contributed by atoms with Gasteiger partial charge in [0, 0.05) is 0 Å². The van der Waals surface area contributed by atoms with E-state index < -0.39 is 70.9 Å². The second-order valence-corrected chi connectivity index (χ2v) is 6.59. The molecule has 0 aliphatic carbocycles. The monoisotopic (exact) mass is 492 g/mol. The molecule has 0 saturated carbocycles. The number of aromatic hydroxyl groups is 1. The smallest absolute Gasteiger partial charge is 0.416 e. The Morgan fingerprint density at radius 2 is 1.24 bits per heavy atom. The van der Waals surface area contributed by atoms with Crippen molar-refractivity contribution >= 4 is 11.9 Å². The highest BCUT2D eigenvalue weighted by atomic mass is 19.4. The van der Waals surface area contributed by atoms with E-state index in [9.17, 15) is 45.4 Å². The number of rotatable bonds is 5. The number of hydrogen-bond acceptors (Lipinski definition) is 6. The number of alkyl halides is 6. The van der Waals surface area contributed by atoms with Crippen LogP contribution in [-0.4, -0.2) is 17.0 Å². The number of carbonyl (C=O) groups is 2. The number of benzene rings is 2. The lowest BCUT2D eigenvalue weighted by molar-refractivity contribution is -0.138. The first-order chi connectivity index (χ1) is 15.8. The molecule has 0 atom stereocenters. The van der Waals surface area contributed by atoms with E-state index in [4.69, 9.17) is 9.47 Å². The standard InChI is InChI=1S/C21H11F7O6/c22-15-16(34-18(30)11-3-7-13(8-4-11)21(26,27)28)14(33-19(15)31)9-32-17(29)10-1-5-12(6-2-10)20(23,24)25/h1-8,31H,9H2. The third kappa shape index (κ3) is 5.47. The van der Waals surface area contributed by atoms with Gasteiger partial charge in [0.05, 0.1) is 22.3 Å². The van der Waals surface area contributed by atoms with Gasteiger partial charge < -0.3 is 19.0 Å². The van der Waals surface area contributed by atoms with Gasteiger partial charge in [-0.05, 0) is 48.5 Å². The van der Waals surface area contributed by atoms with Crippen LogP contribution >= 0.6 is 0 Å². The molecule has 0 bridgehead atoms. The molecule has 0 aliphatic heterocycles. The van der Waals surface area contributed by atoms with Gasteiger partial charge in [0.2, 0.25) is 11.6 Å². The molecule has 0 amide bonds. The Morgan fingerprint density at radius 3 is 1.68 bits per heavy atom. The topological polar surface area (TPSA) is 86.0 Å². The van der Waals surface area contributed by atoms with Crippen LogP contribution in [0.25, 0.3) is 0 Å². The molecule has 2 aromatic carbocycles. The number of carbonyl (C=O) groups excluding carboxylic acids is 2. The van der Waals surface area contributed by atoms with E-state index in [-0.39, 0.29) is 5.56 Å². The third-order valence-electron chi connectivity index (χ3n) is 4.29. The Hall–Kier alpha value is -4.03. The maximum atomic E-state index is 14.1. The van der Waals surface area contributed by atoms with Crippen molar-refractivity contribution in [2.75, 3.05) is 0 Å². The van der Waals surface area contributed by atoms with Crippen LogP contribution in [0.3, 0.4) is 0 Å². The first-order valence-corrected chi connectivity index (χ1v) is 9.01. The zero-order valence-corrected chi connectivity index (χ0v) is 16.5. The Labute approximate surface area is 185 Å². The van der Waals surface area contributed by atoms with E-state index in [1.165, 1.54) is 0 Å². The van der Waals surface area contributed by atoms with E-state index in [2.05, 4.69) is 4.42 Å². The highest BCUT2D eigenvalue weighted by Gasteiger charge is 2.32. The highest BCUT2D eigenvalue weighted by Crippen LogP contribution is 2.35. The molecule has 1 N–H and O–H groups in total. The second-order valence-electron chi connectivity index (χ2n) is 6.59. The van der Waals surface area contributed by atoms with Crippen molar-refractivity contribution in [3.05, 3.63) is 82.4 Å². The summed E-state index contributed by atoms with van der Waals surface area (Å²) in [5.74, 6) is -7.04. The Morgan fingerprint density at radius 1 is 0.794 bits per heavy atom. The van der Waals surface area contributed by atoms with Crippen LogP contribution in [0.4, 0.5) is 30.7 Å². The minimum absolute atomic E-state index is 0.299. The van der Waals surface area contributed by atoms with Crippen molar-refractivity contribution in [2.45, 2.75) is 19.0 Å². The van der Waals surface area contributed by atoms with Crippen LogP contribution in [0.1, 0.15) is 37.6 Å². The number of ether oxygens (including phenoxy) is 2. The van der Waals surface area contributed by atoms with E-state index in [1.807, 2.05) is 0 Å². The van der Waals surface area contributed by atoms with Gasteiger partial charge in [-0.3, -0.25) is 0 Å². The van der Waals surface area contributed by atoms with Gasteiger partial charge in [-0.25, -0.2) is 9.59 Å². The molecule has 6 nitrogen and oxygen atoms in total. The van der Waals surface area contributed by atoms with Gasteiger partial charge in [-0.1, -0.05) is 0 Å². The fourth-order valence-electron chi connectivity index (χ4n) is 2.58. The Kier molecular flexibility index (Phi) is 6.57. The van der Waals surface area contributed by atoms with Crippen molar-refractivity contribution < 1.29 is 59.3 Å². The molecule has 0 fully saturated rings. The van der Waals surface area contributed by atoms with Crippen molar-refractivity contribution in [3.63, 3.8) is 0 Å². The maximum Gasteiger partial charge on any atom is 0.416 e. The number of halogens is 7. The molecule has 34 heavy (non-hydrogen) atoms. The molecule has 1 heterocycles. The van der Waals surface area contributed by atoms with E-state index in [0.717, 1.165) is 24.3 Å². The van der Waals surface area contributed by atoms with Crippen LogP contribution < -0.4 is 4.74 Å². The van der Waals surface area contributed by atoms with Gasteiger partial charge >= 0.3 is 30.2 Å². The lowest BCUT2D eigenvalue weighted by atomic mass is 10.1. The minimum Gasteiger partial charge on any atom is -0.478 e. The quantitative estimate of drug-likeness (QED) is 0.361. The molecule has 180 valence electrons. The fourth-order valence-corrected chi connectivity index (χ4v) is 2.58. The number of hydrogen-bond donors (Lipinski definition) is 1. The summed E-state index contributed by atoms with van der Waals surface area (Å²) in [6.45, 7) is -0.910. The number of furan rings is 1. The maximum absolute atomic E-state index is 14.1. The zero-order valence-electron chi connectivity index (χ0n) is 16.5. The van der Waals surface area contributed by atoms with Crippen LogP contribution in [0.5, 0.6) is 11.7 Å².